The lowest BCUT2D eigenvalue weighted by Gasteiger charge is -2.31. The Morgan fingerprint density at radius 3 is 1.81 bits per heavy atom. The molecule has 0 saturated heterocycles. The van der Waals surface area contributed by atoms with E-state index in [2.05, 4.69) is 5.32 Å². The number of halogens is 1. The second-order valence-corrected chi connectivity index (χ2v) is 9.48. The number of carbonyl (C=O) groups excluding carboxylic acids is 2. The Kier molecular flexibility index (Phi) is 9.50. The summed E-state index contributed by atoms with van der Waals surface area (Å²) in [5.41, 5.74) is 4.03. The van der Waals surface area contributed by atoms with Crippen molar-refractivity contribution in [3.63, 3.8) is 0 Å². The molecular weight excluding hydrogens is 480 g/mol. The molecule has 0 spiro atoms. The number of hydrogen-bond donors (Lipinski definition) is 1. The third-order valence-electron chi connectivity index (χ3n) is 6.32. The van der Waals surface area contributed by atoms with E-state index >= 15 is 0 Å². The fraction of sp³-hybridized carbons (Fsp3) is 0.188. The summed E-state index contributed by atoms with van der Waals surface area (Å²) in [6.45, 7) is 0.721. The van der Waals surface area contributed by atoms with Gasteiger partial charge in [-0.2, -0.15) is 0 Å². The van der Waals surface area contributed by atoms with Gasteiger partial charge in [-0.25, -0.2) is 0 Å². The molecule has 1 atom stereocenters. The Morgan fingerprint density at radius 2 is 1.22 bits per heavy atom. The molecule has 2 amide bonds. The van der Waals surface area contributed by atoms with E-state index in [-0.39, 0.29) is 11.8 Å². The Morgan fingerprint density at radius 1 is 0.676 bits per heavy atom. The van der Waals surface area contributed by atoms with E-state index in [1.165, 1.54) is 0 Å². The average Bonchev–Trinajstić information content (AvgIpc) is 2.95. The Balaban J connectivity index is 1.58. The van der Waals surface area contributed by atoms with Crippen molar-refractivity contribution in [3.05, 3.63) is 143 Å². The van der Waals surface area contributed by atoms with Crippen molar-refractivity contribution in [2.75, 3.05) is 0 Å². The number of amides is 2. The maximum atomic E-state index is 13.7. The van der Waals surface area contributed by atoms with Gasteiger partial charge in [-0.15, -0.1) is 0 Å². The minimum absolute atomic E-state index is 0.0460. The van der Waals surface area contributed by atoms with Crippen LogP contribution in [0, 0.1) is 0 Å². The molecule has 4 rings (SSSR count). The van der Waals surface area contributed by atoms with Crippen molar-refractivity contribution in [2.24, 2.45) is 0 Å². The summed E-state index contributed by atoms with van der Waals surface area (Å²) >= 11 is 6.01. The maximum absolute atomic E-state index is 13.7. The first kappa shape index (κ1) is 26.2. The Bertz CT molecular complexity index is 1260. The van der Waals surface area contributed by atoms with E-state index in [4.69, 9.17) is 11.6 Å². The molecule has 0 heterocycles. The number of aryl methyl sites for hydroxylation is 1. The van der Waals surface area contributed by atoms with Crippen LogP contribution in [0.1, 0.15) is 28.7 Å². The zero-order chi connectivity index (χ0) is 25.9. The number of rotatable bonds is 11. The van der Waals surface area contributed by atoms with Gasteiger partial charge in [-0.1, -0.05) is 115 Å². The third kappa shape index (κ3) is 8.06. The molecule has 0 unspecified atom stereocenters. The highest BCUT2D eigenvalue weighted by atomic mass is 35.5. The van der Waals surface area contributed by atoms with Gasteiger partial charge in [0.1, 0.15) is 6.04 Å². The lowest BCUT2D eigenvalue weighted by Crippen LogP contribution is -2.50. The molecule has 4 aromatic carbocycles. The number of hydrogen-bond acceptors (Lipinski definition) is 2. The summed E-state index contributed by atoms with van der Waals surface area (Å²) < 4.78 is 0. The van der Waals surface area contributed by atoms with E-state index in [1.54, 1.807) is 17.0 Å². The van der Waals surface area contributed by atoms with Gasteiger partial charge in [0.2, 0.25) is 11.8 Å². The summed E-state index contributed by atoms with van der Waals surface area (Å²) in [4.78, 5) is 29.1. The highest BCUT2D eigenvalue weighted by Gasteiger charge is 2.30. The molecule has 0 aliphatic rings. The molecule has 0 fully saturated rings. The summed E-state index contributed by atoms with van der Waals surface area (Å²) in [7, 11) is 0. The van der Waals surface area contributed by atoms with Crippen molar-refractivity contribution in [1.82, 2.24) is 10.2 Å². The predicted octanol–water partition coefficient (Wildman–Crippen LogP) is 6.23. The number of nitrogens with zero attached hydrogens (tertiary/aromatic N) is 1. The molecule has 0 aromatic heterocycles. The second-order valence-electron chi connectivity index (χ2n) is 9.04. The summed E-state index contributed by atoms with van der Waals surface area (Å²) in [5, 5.41) is 3.71. The van der Waals surface area contributed by atoms with Gasteiger partial charge in [-0.3, -0.25) is 9.59 Å². The van der Waals surface area contributed by atoms with Gasteiger partial charge >= 0.3 is 0 Å². The van der Waals surface area contributed by atoms with Crippen molar-refractivity contribution in [1.29, 1.82) is 0 Å². The number of benzene rings is 4. The summed E-state index contributed by atoms with van der Waals surface area (Å²) in [6, 6.07) is 36.4. The molecule has 0 radical (unpaired) electrons. The monoisotopic (exact) mass is 510 g/mol. The molecule has 4 aromatic rings. The van der Waals surface area contributed by atoms with Crippen molar-refractivity contribution >= 4 is 23.4 Å². The largest absolute Gasteiger partial charge is 0.350 e. The van der Waals surface area contributed by atoms with Gasteiger partial charge in [-0.05, 0) is 40.8 Å². The fourth-order valence-electron chi connectivity index (χ4n) is 4.28. The Hall–Kier alpha value is -3.89. The van der Waals surface area contributed by atoms with Crippen LogP contribution in [0.5, 0.6) is 0 Å². The molecule has 4 nitrogen and oxygen atoms in total. The third-order valence-corrected chi connectivity index (χ3v) is 6.57. The second kappa shape index (κ2) is 13.4. The van der Waals surface area contributed by atoms with Crippen molar-refractivity contribution in [3.8, 4) is 0 Å². The van der Waals surface area contributed by atoms with Crippen LogP contribution in [-0.4, -0.2) is 22.8 Å². The lowest BCUT2D eigenvalue weighted by atomic mass is 10.0. The van der Waals surface area contributed by atoms with Gasteiger partial charge in [0, 0.05) is 31.0 Å². The van der Waals surface area contributed by atoms with E-state index < -0.39 is 6.04 Å². The van der Waals surface area contributed by atoms with Crippen LogP contribution in [0.2, 0.25) is 5.02 Å². The summed E-state index contributed by atoms with van der Waals surface area (Å²) in [5.74, 6) is -0.224. The van der Waals surface area contributed by atoms with E-state index in [0.717, 1.165) is 22.3 Å². The molecule has 0 bridgehead atoms. The molecule has 0 aliphatic heterocycles. The fourth-order valence-corrected chi connectivity index (χ4v) is 4.41. The smallest absolute Gasteiger partial charge is 0.243 e. The zero-order valence-electron chi connectivity index (χ0n) is 20.7. The zero-order valence-corrected chi connectivity index (χ0v) is 21.5. The van der Waals surface area contributed by atoms with E-state index in [0.29, 0.717) is 37.4 Å². The van der Waals surface area contributed by atoms with Crippen LogP contribution in [0.15, 0.2) is 115 Å². The van der Waals surface area contributed by atoms with Crippen LogP contribution in [0.4, 0.5) is 0 Å². The molecule has 0 aliphatic carbocycles. The van der Waals surface area contributed by atoms with E-state index in [1.807, 2.05) is 103 Å². The SMILES string of the molecule is O=C(NCc1ccc(Cl)cc1)[C@@H](Cc1ccccc1)N(Cc1ccccc1)C(=O)CCc1ccccc1. The first-order chi connectivity index (χ1) is 18.1. The van der Waals surface area contributed by atoms with Crippen LogP contribution in [-0.2, 0) is 35.5 Å². The molecule has 0 saturated carbocycles. The van der Waals surface area contributed by atoms with Crippen molar-refractivity contribution in [2.45, 2.75) is 38.4 Å². The van der Waals surface area contributed by atoms with Gasteiger partial charge in [0.05, 0.1) is 0 Å². The molecule has 37 heavy (non-hydrogen) atoms. The minimum Gasteiger partial charge on any atom is -0.350 e. The first-order valence-corrected chi connectivity index (χ1v) is 12.9. The normalized spacial score (nSPS) is 11.5. The van der Waals surface area contributed by atoms with Gasteiger partial charge in [0.25, 0.3) is 0 Å². The first-order valence-electron chi connectivity index (χ1n) is 12.5. The average molecular weight is 511 g/mol. The van der Waals surface area contributed by atoms with Crippen molar-refractivity contribution < 1.29 is 9.59 Å². The Labute approximate surface area is 223 Å². The van der Waals surface area contributed by atoms with Crippen LogP contribution < -0.4 is 5.32 Å². The molecule has 1 N–H and O–H groups in total. The molecule has 188 valence electrons. The molecule has 5 heteroatoms. The highest BCUT2D eigenvalue weighted by molar-refractivity contribution is 6.30. The predicted molar refractivity (Wildman–Crippen MR) is 149 cm³/mol. The molecular formula is C32H31ClN2O2. The minimum atomic E-state index is -0.654. The number of carbonyl (C=O) groups is 2. The highest BCUT2D eigenvalue weighted by Crippen LogP contribution is 2.17. The lowest BCUT2D eigenvalue weighted by molar-refractivity contribution is -0.141. The van der Waals surface area contributed by atoms with Crippen LogP contribution >= 0.6 is 11.6 Å². The standard InChI is InChI=1S/C32H31ClN2O2/c33-29-19-16-27(17-20-29)23-34-32(37)30(22-26-12-6-2-7-13-26)35(24-28-14-8-3-9-15-28)31(36)21-18-25-10-4-1-5-11-25/h1-17,19-20,30H,18,21-24H2,(H,34,37)/t30-/m1/s1. The summed E-state index contributed by atoms with van der Waals surface area (Å²) in [6.07, 6.45) is 1.37. The topological polar surface area (TPSA) is 49.4 Å². The van der Waals surface area contributed by atoms with Gasteiger partial charge < -0.3 is 10.2 Å². The quantitative estimate of drug-likeness (QED) is 0.260. The van der Waals surface area contributed by atoms with E-state index in [9.17, 15) is 9.59 Å². The number of nitrogens with one attached hydrogen (secondary N) is 1. The maximum Gasteiger partial charge on any atom is 0.243 e. The van der Waals surface area contributed by atoms with Crippen LogP contribution in [0.25, 0.3) is 0 Å². The van der Waals surface area contributed by atoms with Crippen LogP contribution in [0.3, 0.4) is 0 Å². The van der Waals surface area contributed by atoms with Gasteiger partial charge in [0.15, 0.2) is 0 Å².